The van der Waals surface area contributed by atoms with Gasteiger partial charge in [-0.1, -0.05) is 31.1 Å². The predicted octanol–water partition coefficient (Wildman–Crippen LogP) is 0.569. The van der Waals surface area contributed by atoms with Gasteiger partial charge in [-0.05, 0) is 44.5 Å². The van der Waals surface area contributed by atoms with Crippen molar-refractivity contribution in [3.63, 3.8) is 0 Å². The average Bonchev–Trinajstić information content (AvgIpc) is 1.57. The van der Waals surface area contributed by atoms with Crippen molar-refractivity contribution in [2.75, 3.05) is 68.2 Å². The molecule has 8 rings (SSSR count). The van der Waals surface area contributed by atoms with Gasteiger partial charge in [-0.15, -0.1) is 0 Å². The number of ether oxygens (including phenoxy) is 2. The largest absolute Gasteiger partial charge is 1.00 e. The first-order chi connectivity index (χ1) is 38.6. The monoisotopic (exact) mass is 1290 g/mol. The van der Waals surface area contributed by atoms with Crippen LogP contribution in [0.4, 0.5) is 70.3 Å². The number of amides is 2. The van der Waals surface area contributed by atoms with Crippen LogP contribution in [0.25, 0.3) is 0 Å². The number of halogens is 7. The number of benzene rings is 2. The minimum absolute atomic E-state index is 0. The van der Waals surface area contributed by atoms with Gasteiger partial charge in [0.2, 0.25) is 5.24 Å². The standard InChI is InChI=1S/C23H24F3N4O8P.C18H16F3N4O7P.C5H9ClO.CH2O3.2Na.H/c1-23(2,3)21(32)38-39(34,35)30(17-6-9-36-27-17)12-14-11-29(22(33)37-14)16-10-15(24)20(19(26)18(16)25)28-7-4-13(31)5-8-28;19-12-7-13(15(20)16(21)17(12)23-4-1-10(26)2-5-23)24-8-11(32-18(24)27)9-25(33(28,29)30)14-3-6-31-22-14;1-5(2,3)4(6)7;2-1-4-3;;;/h4,6-7,9-10,14H,5,8,11-12H2,1-3H3,(H,34,35);1,3-4,6-7,11H,2,5,8-9H2,(H2,28,29,30);1-3H3;1,3H;;;/q;;;;2*+1;-1/p-1/t14-;11-;;;;;/m11...../s1. The molecule has 3 N–H and O–H groups in total. The van der Waals surface area contributed by atoms with Gasteiger partial charge in [-0.2, -0.15) is 0 Å². The van der Waals surface area contributed by atoms with Crippen molar-refractivity contribution in [1.82, 2.24) is 10.3 Å². The maximum atomic E-state index is 15.1. The van der Waals surface area contributed by atoms with E-state index in [4.69, 9.17) is 40.2 Å². The van der Waals surface area contributed by atoms with Crippen LogP contribution < -0.4 is 93.3 Å². The van der Waals surface area contributed by atoms with E-state index in [2.05, 4.69) is 19.7 Å². The second-order valence-corrected chi connectivity index (χ2v) is 23.1. The van der Waals surface area contributed by atoms with Gasteiger partial charge in [0, 0.05) is 68.0 Å². The minimum Gasteiger partial charge on any atom is -1.00 e. The molecule has 85 heavy (non-hydrogen) atoms. The molecule has 454 valence electrons. The molecule has 0 bridgehead atoms. The van der Waals surface area contributed by atoms with E-state index in [-0.39, 0.29) is 127 Å². The number of rotatable bonds is 14. The van der Waals surface area contributed by atoms with Gasteiger partial charge >= 0.3 is 92.8 Å². The summed E-state index contributed by atoms with van der Waals surface area (Å²) in [6.45, 7) is 7.32. The molecule has 38 heteroatoms. The number of anilines is 6. The van der Waals surface area contributed by atoms with Crippen molar-refractivity contribution in [3.8, 4) is 0 Å². The van der Waals surface area contributed by atoms with E-state index in [1.165, 1.54) is 32.9 Å². The Labute approximate surface area is 529 Å². The van der Waals surface area contributed by atoms with Gasteiger partial charge < -0.3 is 54.2 Å². The first-order valence-electron chi connectivity index (χ1n) is 23.8. The van der Waals surface area contributed by atoms with E-state index in [1.54, 1.807) is 20.8 Å². The third-order valence-corrected chi connectivity index (χ3v) is 14.4. The summed E-state index contributed by atoms with van der Waals surface area (Å²) < 4.78 is 140. The van der Waals surface area contributed by atoms with Crippen molar-refractivity contribution in [3.05, 3.63) is 96.2 Å². The second kappa shape index (κ2) is 30.7. The Bertz CT molecular complexity index is 3260. The number of hydrogen-bond donors (Lipinski definition) is 3. The normalized spacial score (nSPS) is 17.3. The van der Waals surface area contributed by atoms with Gasteiger partial charge in [0.25, 0.3) is 6.47 Å². The fourth-order valence-corrected chi connectivity index (χ4v) is 9.31. The molecule has 3 atom stereocenters. The van der Waals surface area contributed by atoms with Crippen molar-refractivity contribution in [1.29, 1.82) is 0 Å². The first-order valence-corrected chi connectivity index (χ1v) is 27.3. The minimum atomic E-state index is -4.94. The first kappa shape index (κ1) is 73.5. The summed E-state index contributed by atoms with van der Waals surface area (Å²) in [6, 6.07) is 3.58. The van der Waals surface area contributed by atoms with Crippen LogP contribution in [0.1, 0.15) is 55.8 Å². The van der Waals surface area contributed by atoms with Gasteiger partial charge in [0.05, 0.1) is 43.0 Å². The smallest absolute Gasteiger partial charge is 1.00 e. The molecule has 2 aromatic heterocycles. The van der Waals surface area contributed by atoms with Crippen molar-refractivity contribution in [2.45, 2.75) is 66.6 Å². The number of cyclic esters (lactones) is 2. The summed E-state index contributed by atoms with van der Waals surface area (Å²) >= 11 is 5.11. The summed E-state index contributed by atoms with van der Waals surface area (Å²) in [4.78, 5) is 114. The Hall–Kier alpha value is -5.80. The van der Waals surface area contributed by atoms with Crippen LogP contribution in [-0.2, 0) is 52.0 Å². The van der Waals surface area contributed by atoms with Crippen LogP contribution in [0.3, 0.4) is 0 Å². The van der Waals surface area contributed by atoms with E-state index in [0.717, 1.165) is 46.9 Å². The predicted molar refractivity (Wildman–Crippen MR) is 274 cm³/mol. The van der Waals surface area contributed by atoms with Crippen molar-refractivity contribution >= 4 is 103 Å². The van der Waals surface area contributed by atoms with Gasteiger partial charge in [0.1, 0.15) is 36.1 Å². The Morgan fingerprint density at radius 1 is 0.729 bits per heavy atom. The Kier molecular flexibility index (Phi) is 26.5. The summed E-state index contributed by atoms with van der Waals surface area (Å²) in [6.07, 6.45) is 1.77. The topological polar surface area (TPSA) is 346 Å². The molecule has 4 aliphatic rings. The van der Waals surface area contributed by atoms with Crippen LogP contribution in [0.5, 0.6) is 0 Å². The summed E-state index contributed by atoms with van der Waals surface area (Å²) in [5, 5.41) is 15.1. The van der Waals surface area contributed by atoms with E-state index in [9.17, 15) is 74.5 Å². The number of ketones is 2. The molecule has 2 saturated heterocycles. The molecule has 0 aliphatic carbocycles. The molecule has 0 radical (unpaired) electrons. The Morgan fingerprint density at radius 3 is 1.41 bits per heavy atom. The number of nitrogens with zero attached hydrogens (tertiary/aromatic N) is 8. The molecule has 4 aliphatic heterocycles. The van der Waals surface area contributed by atoms with Crippen LogP contribution in [0.2, 0.25) is 0 Å². The molecule has 27 nitrogen and oxygen atoms in total. The second-order valence-electron chi connectivity index (χ2n) is 19.6. The van der Waals surface area contributed by atoms with Crippen LogP contribution >= 0.6 is 27.1 Å². The summed E-state index contributed by atoms with van der Waals surface area (Å²) in [5.41, 5.74) is -4.48. The number of hydrogen-bond acceptors (Lipinski definition) is 20. The molecule has 6 heterocycles. The Balaban J connectivity index is 0.000000489. The van der Waals surface area contributed by atoms with Crippen LogP contribution in [0.15, 0.2) is 70.4 Å². The average molecular weight is 1290 g/mol. The van der Waals surface area contributed by atoms with E-state index in [0.29, 0.717) is 31.3 Å². The quantitative estimate of drug-likeness (QED) is 0.0227. The molecule has 0 spiro atoms. The zero-order valence-corrected chi connectivity index (χ0v) is 52.7. The zero-order valence-electron chi connectivity index (χ0n) is 47.2. The maximum Gasteiger partial charge on any atom is 1.00 e. The number of aromatic nitrogens is 2. The van der Waals surface area contributed by atoms with Gasteiger partial charge in [-0.25, -0.2) is 49.7 Å². The van der Waals surface area contributed by atoms with Crippen molar-refractivity contribution in [2.24, 2.45) is 10.8 Å². The molecular formula is C47H51ClF6N8Na2O19P2. The number of allylic oxidation sites excluding steroid dienone is 2. The summed E-state index contributed by atoms with van der Waals surface area (Å²) in [5.74, 6) is -10.6. The maximum absolute atomic E-state index is 15.1. The van der Waals surface area contributed by atoms with Gasteiger partial charge in [0.15, 0.2) is 58.1 Å². The fraction of sp³-hybridized carbons (Fsp3) is 0.383. The third-order valence-electron chi connectivity index (χ3n) is 11.4. The van der Waals surface area contributed by atoms with E-state index < -0.39 is 135 Å². The van der Waals surface area contributed by atoms with E-state index in [1.807, 2.05) is 0 Å². The number of carbonyl (C=O) groups excluding carboxylic acids is 7. The zero-order chi connectivity index (χ0) is 62.1. The van der Waals surface area contributed by atoms with E-state index >= 15 is 4.39 Å². The molecule has 1 unspecified atom stereocenters. The van der Waals surface area contributed by atoms with Crippen molar-refractivity contribution < 1.29 is 177 Å². The fourth-order valence-electron chi connectivity index (χ4n) is 7.21. The Morgan fingerprint density at radius 2 is 1.11 bits per heavy atom. The molecule has 2 amide bonds. The summed E-state index contributed by atoms with van der Waals surface area (Å²) in [7, 11) is -9.85. The number of carbonyl (C=O) groups is 7. The van der Waals surface area contributed by atoms with Crippen LogP contribution in [-0.4, -0.2) is 118 Å². The van der Waals surface area contributed by atoms with Crippen LogP contribution in [0, 0.1) is 45.7 Å². The molecule has 4 aromatic rings. The molecule has 0 saturated carbocycles. The third kappa shape index (κ3) is 19.1. The molecule has 2 aromatic carbocycles. The molecule has 2 fully saturated rings. The van der Waals surface area contributed by atoms with Gasteiger partial charge in [-0.3, -0.25) is 43.3 Å². The SMILES string of the molecule is CC(C)(C)C(=O)Cl.CC(C)(C)C(=O)OP(=O)(O)N(C[C@H]1CN(c2cc(F)c(N3C=CC(=O)CC3)c(F)c2F)C(=O)O1)c1ccon1.O=C1C=CN(c2c(F)cc(N3C[C@H](CN(c4ccon4)P(=O)(O)O)OC3=O)c(F)c2F)CC1.O=CO[O-].[H-].[Na+].[Na+]. The molecular weight excluding hydrogens is 1240 g/mol.